The molecule has 0 aliphatic rings. The van der Waals surface area contributed by atoms with Crippen molar-refractivity contribution in [1.29, 1.82) is 0 Å². The number of thioether (sulfide) groups is 1. The molecule has 0 amide bonds. The van der Waals surface area contributed by atoms with Crippen molar-refractivity contribution >= 4 is 22.8 Å². The van der Waals surface area contributed by atoms with Crippen LogP contribution in [0.25, 0.3) is 11.0 Å². The summed E-state index contributed by atoms with van der Waals surface area (Å²) in [4.78, 5) is 8.81. The Kier molecular flexibility index (Phi) is 3.16. The largest absolute Gasteiger partial charge is 0.234 e. The molecule has 0 fully saturated rings. The van der Waals surface area contributed by atoms with E-state index in [1.54, 1.807) is 11.8 Å². The first-order valence-electron chi connectivity index (χ1n) is 5.96. The number of aromatic nitrogens is 5. The minimum atomic E-state index is 0.656. The first-order valence-corrected chi connectivity index (χ1v) is 6.94. The van der Waals surface area contributed by atoms with Gasteiger partial charge in [0.15, 0.2) is 5.16 Å². The van der Waals surface area contributed by atoms with Crippen molar-refractivity contribution < 1.29 is 0 Å². The standard InChI is InChI=1S/C13H13N5S/c1-9-7-10(2)15-13(14-9)19-8-18-12-6-4-3-5-11(12)16-17-18/h3-7H,8H2,1-2H3. The molecule has 0 unspecified atom stereocenters. The number of fused-ring (bicyclic) bond motifs is 1. The lowest BCUT2D eigenvalue weighted by Crippen LogP contribution is -1.99. The quantitative estimate of drug-likeness (QED) is 0.541. The minimum absolute atomic E-state index is 0.656. The summed E-state index contributed by atoms with van der Waals surface area (Å²) < 4.78 is 1.86. The van der Waals surface area contributed by atoms with Gasteiger partial charge in [-0.1, -0.05) is 29.1 Å². The summed E-state index contributed by atoms with van der Waals surface area (Å²) in [7, 11) is 0. The zero-order valence-corrected chi connectivity index (χ0v) is 11.6. The lowest BCUT2D eigenvalue weighted by atomic mass is 10.3. The molecule has 0 radical (unpaired) electrons. The summed E-state index contributed by atoms with van der Waals surface area (Å²) in [5, 5.41) is 9.05. The molecule has 0 N–H and O–H groups in total. The predicted molar refractivity (Wildman–Crippen MR) is 74.9 cm³/mol. The van der Waals surface area contributed by atoms with Gasteiger partial charge in [-0.3, -0.25) is 0 Å². The molecule has 3 rings (SSSR count). The highest BCUT2D eigenvalue weighted by molar-refractivity contribution is 7.98. The van der Waals surface area contributed by atoms with E-state index in [2.05, 4.69) is 20.3 Å². The van der Waals surface area contributed by atoms with Crippen LogP contribution in [-0.4, -0.2) is 25.0 Å². The van der Waals surface area contributed by atoms with E-state index in [1.165, 1.54) is 0 Å². The number of aryl methyl sites for hydroxylation is 2. The molecule has 5 nitrogen and oxygen atoms in total. The van der Waals surface area contributed by atoms with Gasteiger partial charge in [-0.2, -0.15) is 0 Å². The van der Waals surface area contributed by atoms with Crippen LogP contribution in [0.5, 0.6) is 0 Å². The van der Waals surface area contributed by atoms with E-state index in [0.717, 1.165) is 27.6 Å². The summed E-state index contributed by atoms with van der Waals surface area (Å²) in [5.74, 6) is 0.656. The summed E-state index contributed by atoms with van der Waals surface area (Å²) in [6.07, 6.45) is 0. The second-order valence-electron chi connectivity index (χ2n) is 4.28. The van der Waals surface area contributed by atoms with Gasteiger partial charge in [0.25, 0.3) is 0 Å². The number of nitrogens with zero attached hydrogens (tertiary/aromatic N) is 5. The van der Waals surface area contributed by atoms with Crippen LogP contribution >= 0.6 is 11.8 Å². The normalized spacial score (nSPS) is 11.1. The Bertz CT molecular complexity index is 702. The molecule has 0 saturated carbocycles. The van der Waals surface area contributed by atoms with Crippen LogP contribution in [0.3, 0.4) is 0 Å². The molecule has 0 atom stereocenters. The van der Waals surface area contributed by atoms with Crippen LogP contribution < -0.4 is 0 Å². The molecule has 0 aliphatic carbocycles. The van der Waals surface area contributed by atoms with Crippen LogP contribution in [0, 0.1) is 13.8 Å². The van der Waals surface area contributed by atoms with Crippen LogP contribution in [0.15, 0.2) is 35.5 Å². The molecular formula is C13H13N5S. The molecule has 3 aromatic rings. The fraction of sp³-hybridized carbons (Fsp3) is 0.231. The fourth-order valence-corrected chi connectivity index (χ4v) is 2.74. The lowest BCUT2D eigenvalue weighted by Gasteiger charge is -2.03. The summed E-state index contributed by atoms with van der Waals surface area (Å²) >= 11 is 1.56. The molecule has 96 valence electrons. The Hall–Kier alpha value is -1.95. The van der Waals surface area contributed by atoms with Crippen molar-refractivity contribution in [3.05, 3.63) is 41.7 Å². The number of benzene rings is 1. The first-order chi connectivity index (χ1) is 9.22. The highest BCUT2D eigenvalue weighted by atomic mass is 32.2. The monoisotopic (exact) mass is 271 g/mol. The Balaban J connectivity index is 1.82. The highest BCUT2D eigenvalue weighted by Crippen LogP contribution is 2.18. The van der Waals surface area contributed by atoms with E-state index in [0.29, 0.717) is 5.88 Å². The Labute approximate surface area is 115 Å². The maximum absolute atomic E-state index is 4.40. The van der Waals surface area contributed by atoms with Gasteiger partial charge in [-0.05, 0) is 32.0 Å². The van der Waals surface area contributed by atoms with Crippen molar-refractivity contribution in [2.24, 2.45) is 0 Å². The van der Waals surface area contributed by atoms with Gasteiger partial charge in [0.1, 0.15) is 5.52 Å². The minimum Gasteiger partial charge on any atom is -0.234 e. The van der Waals surface area contributed by atoms with Gasteiger partial charge in [-0.25, -0.2) is 14.6 Å². The van der Waals surface area contributed by atoms with Gasteiger partial charge in [0, 0.05) is 11.4 Å². The third-order valence-corrected chi connectivity index (χ3v) is 3.51. The summed E-state index contributed by atoms with van der Waals surface area (Å²) in [5.41, 5.74) is 3.90. The van der Waals surface area contributed by atoms with Crippen LogP contribution in [0.2, 0.25) is 0 Å². The van der Waals surface area contributed by atoms with E-state index in [9.17, 15) is 0 Å². The van der Waals surface area contributed by atoms with E-state index >= 15 is 0 Å². The maximum atomic E-state index is 4.40. The van der Waals surface area contributed by atoms with Crippen molar-refractivity contribution in [3.8, 4) is 0 Å². The second-order valence-corrected chi connectivity index (χ2v) is 5.20. The van der Waals surface area contributed by atoms with Gasteiger partial charge >= 0.3 is 0 Å². The maximum Gasteiger partial charge on any atom is 0.189 e. The van der Waals surface area contributed by atoms with E-state index in [4.69, 9.17) is 0 Å². The highest BCUT2D eigenvalue weighted by Gasteiger charge is 2.05. The van der Waals surface area contributed by atoms with Gasteiger partial charge in [0.2, 0.25) is 0 Å². The SMILES string of the molecule is Cc1cc(C)nc(SCn2nnc3ccccc32)n1. The Morgan fingerprint density at radius 3 is 2.63 bits per heavy atom. The average Bonchev–Trinajstić information content (AvgIpc) is 2.78. The van der Waals surface area contributed by atoms with Gasteiger partial charge < -0.3 is 0 Å². The molecule has 0 spiro atoms. The van der Waals surface area contributed by atoms with Crippen LogP contribution in [0.1, 0.15) is 11.4 Å². The average molecular weight is 271 g/mol. The van der Waals surface area contributed by atoms with Crippen LogP contribution in [-0.2, 0) is 5.88 Å². The zero-order chi connectivity index (χ0) is 13.2. The molecule has 1 aromatic carbocycles. The van der Waals surface area contributed by atoms with E-state index in [1.807, 2.05) is 48.9 Å². The number of rotatable bonds is 3. The van der Waals surface area contributed by atoms with Crippen molar-refractivity contribution in [1.82, 2.24) is 25.0 Å². The number of hydrogen-bond acceptors (Lipinski definition) is 5. The second kappa shape index (κ2) is 4.97. The molecule has 2 heterocycles. The third kappa shape index (κ3) is 2.58. The fourth-order valence-electron chi connectivity index (χ4n) is 1.89. The topological polar surface area (TPSA) is 56.5 Å². The van der Waals surface area contributed by atoms with Gasteiger partial charge in [-0.15, -0.1) is 5.10 Å². The smallest absolute Gasteiger partial charge is 0.189 e. The number of hydrogen-bond donors (Lipinski definition) is 0. The zero-order valence-electron chi connectivity index (χ0n) is 10.7. The van der Waals surface area contributed by atoms with E-state index in [-0.39, 0.29) is 0 Å². The van der Waals surface area contributed by atoms with Crippen molar-refractivity contribution in [2.75, 3.05) is 0 Å². The molecule has 0 saturated heterocycles. The summed E-state index contributed by atoms with van der Waals surface area (Å²) in [6.45, 7) is 3.95. The number of para-hydroxylation sites is 1. The van der Waals surface area contributed by atoms with Crippen LogP contribution in [0.4, 0.5) is 0 Å². The third-order valence-electron chi connectivity index (χ3n) is 2.70. The van der Waals surface area contributed by atoms with Crippen molar-refractivity contribution in [3.63, 3.8) is 0 Å². The molecule has 0 bridgehead atoms. The summed E-state index contributed by atoms with van der Waals surface area (Å²) in [6, 6.07) is 9.88. The Morgan fingerprint density at radius 2 is 1.84 bits per heavy atom. The Morgan fingerprint density at radius 1 is 1.11 bits per heavy atom. The predicted octanol–water partition coefficient (Wildman–Crippen LogP) is 2.59. The first kappa shape index (κ1) is 12.1. The van der Waals surface area contributed by atoms with Crippen molar-refractivity contribution in [2.45, 2.75) is 24.9 Å². The van der Waals surface area contributed by atoms with Gasteiger partial charge in [0.05, 0.1) is 11.4 Å². The molecule has 19 heavy (non-hydrogen) atoms. The molecule has 2 aromatic heterocycles. The molecule has 6 heteroatoms. The van der Waals surface area contributed by atoms with E-state index < -0.39 is 0 Å². The molecular weight excluding hydrogens is 258 g/mol. The molecule has 0 aliphatic heterocycles. The lowest BCUT2D eigenvalue weighted by molar-refractivity contribution is 0.720.